The van der Waals surface area contributed by atoms with Crippen molar-refractivity contribution in [2.75, 3.05) is 13.2 Å². The summed E-state index contributed by atoms with van der Waals surface area (Å²) in [6, 6.07) is 0. The van der Waals surface area contributed by atoms with Crippen LogP contribution in [0.15, 0.2) is 36.5 Å². The van der Waals surface area contributed by atoms with Crippen molar-refractivity contribution in [2.24, 2.45) is 0 Å². The fourth-order valence-electron chi connectivity index (χ4n) is 5.21. The Morgan fingerprint density at radius 1 is 0.622 bits per heavy atom. The van der Waals surface area contributed by atoms with Gasteiger partial charge in [0, 0.05) is 12.8 Å². The van der Waals surface area contributed by atoms with E-state index in [-0.39, 0.29) is 25.2 Å². The first-order chi connectivity index (χ1) is 22.0. The Balaban J connectivity index is 3.64. The Morgan fingerprint density at radius 2 is 1.13 bits per heavy atom. The average Bonchev–Trinajstić information content (AvgIpc) is 3.03. The molecular weight excluding hydrogens is 564 g/mol. The molecule has 0 radical (unpaired) electrons. The molecule has 0 heterocycles. The number of hydrogen-bond donors (Lipinski definition) is 2. The van der Waals surface area contributed by atoms with Gasteiger partial charge >= 0.3 is 11.9 Å². The molecule has 1 unspecified atom stereocenters. The van der Waals surface area contributed by atoms with Gasteiger partial charge in [-0.15, -0.1) is 0 Å². The number of ether oxygens (including phenoxy) is 2. The Kier molecular flexibility index (Phi) is 33.5. The van der Waals surface area contributed by atoms with Crippen LogP contribution in [0.3, 0.4) is 0 Å². The summed E-state index contributed by atoms with van der Waals surface area (Å²) in [5.74, 6) is -0.664. The first kappa shape index (κ1) is 43.1. The molecule has 0 aromatic heterocycles. The second-order valence-corrected chi connectivity index (χ2v) is 12.5. The number of allylic oxidation sites excluding steroid dienone is 5. The third-order valence-electron chi connectivity index (χ3n) is 8.05. The van der Waals surface area contributed by atoms with E-state index in [1.807, 2.05) is 18.2 Å². The van der Waals surface area contributed by atoms with Gasteiger partial charge < -0.3 is 19.7 Å². The van der Waals surface area contributed by atoms with E-state index in [2.05, 4.69) is 32.1 Å². The van der Waals surface area contributed by atoms with Gasteiger partial charge in [0.1, 0.15) is 6.61 Å². The molecule has 0 spiro atoms. The molecule has 6 nitrogen and oxygen atoms in total. The smallest absolute Gasteiger partial charge is 0.306 e. The highest BCUT2D eigenvalue weighted by Crippen LogP contribution is 2.14. The second-order valence-electron chi connectivity index (χ2n) is 12.5. The SMILES string of the molecule is CC/C=C/C/C=C/C=C/C(O)CCCCCCCC(=O)OC[C@H](CO)OC(=O)CCCCCCCCCCCCCCCCC. The van der Waals surface area contributed by atoms with Crippen LogP contribution in [-0.4, -0.2) is 47.6 Å². The molecule has 0 rings (SSSR count). The summed E-state index contributed by atoms with van der Waals surface area (Å²) in [5, 5.41) is 19.6. The molecule has 0 saturated heterocycles. The van der Waals surface area contributed by atoms with Gasteiger partial charge in [0.05, 0.1) is 12.7 Å². The van der Waals surface area contributed by atoms with Crippen molar-refractivity contribution in [1.29, 1.82) is 0 Å². The Morgan fingerprint density at radius 3 is 1.67 bits per heavy atom. The summed E-state index contributed by atoms with van der Waals surface area (Å²) >= 11 is 0. The van der Waals surface area contributed by atoms with Crippen LogP contribution in [0.2, 0.25) is 0 Å². The maximum atomic E-state index is 12.1. The van der Waals surface area contributed by atoms with Crippen molar-refractivity contribution in [3.63, 3.8) is 0 Å². The van der Waals surface area contributed by atoms with Crippen LogP contribution < -0.4 is 0 Å². The fraction of sp³-hybridized carbons (Fsp3) is 0.795. The van der Waals surface area contributed by atoms with Gasteiger partial charge in [-0.25, -0.2) is 0 Å². The third-order valence-corrected chi connectivity index (χ3v) is 8.05. The molecule has 0 aliphatic heterocycles. The van der Waals surface area contributed by atoms with Gasteiger partial charge in [0.2, 0.25) is 0 Å². The highest BCUT2D eigenvalue weighted by Gasteiger charge is 2.16. The van der Waals surface area contributed by atoms with E-state index in [0.29, 0.717) is 12.8 Å². The topological polar surface area (TPSA) is 93.1 Å². The molecule has 262 valence electrons. The highest BCUT2D eigenvalue weighted by atomic mass is 16.6. The van der Waals surface area contributed by atoms with E-state index in [1.54, 1.807) is 0 Å². The van der Waals surface area contributed by atoms with Crippen molar-refractivity contribution in [2.45, 2.75) is 187 Å². The third kappa shape index (κ3) is 33.3. The number of esters is 2. The van der Waals surface area contributed by atoms with E-state index in [4.69, 9.17) is 9.47 Å². The van der Waals surface area contributed by atoms with Gasteiger partial charge in [0.15, 0.2) is 6.10 Å². The predicted molar refractivity (Wildman–Crippen MR) is 188 cm³/mol. The van der Waals surface area contributed by atoms with E-state index >= 15 is 0 Å². The number of rotatable bonds is 33. The summed E-state index contributed by atoms with van der Waals surface area (Å²) in [6.07, 6.45) is 37.9. The molecule has 0 aromatic carbocycles. The molecule has 0 saturated carbocycles. The standard InChI is InChI=1S/C39H70O6/c1-3-5-7-9-11-12-13-14-15-16-17-18-20-24-29-33-39(43)45-37(34-40)35-44-38(42)32-28-25-21-23-27-31-36(41)30-26-22-19-10-8-6-4-2/h6,8,19,22,26,30,36-37,40-41H,3-5,7,9-18,20-21,23-25,27-29,31-35H2,1-2H3/b8-6+,22-19+,30-26+/t36?,37-/m0/s1. The van der Waals surface area contributed by atoms with Crippen LogP contribution >= 0.6 is 0 Å². The Bertz CT molecular complexity index is 744. The maximum Gasteiger partial charge on any atom is 0.306 e. The van der Waals surface area contributed by atoms with E-state index < -0.39 is 12.2 Å². The molecule has 6 heteroatoms. The molecule has 0 amide bonds. The van der Waals surface area contributed by atoms with Crippen LogP contribution in [0.1, 0.15) is 174 Å². The Labute approximate surface area is 277 Å². The summed E-state index contributed by atoms with van der Waals surface area (Å²) in [7, 11) is 0. The number of unbranched alkanes of at least 4 members (excludes halogenated alkanes) is 18. The summed E-state index contributed by atoms with van der Waals surface area (Å²) in [5.41, 5.74) is 0. The molecule has 0 bridgehead atoms. The maximum absolute atomic E-state index is 12.1. The van der Waals surface area contributed by atoms with Crippen LogP contribution in [0.25, 0.3) is 0 Å². The number of aliphatic hydroxyl groups is 2. The lowest BCUT2D eigenvalue weighted by molar-refractivity contribution is -0.161. The monoisotopic (exact) mass is 635 g/mol. The fourth-order valence-corrected chi connectivity index (χ4v) is 5.21. The van der Waals surface area contributed by atoms with Crippen molar-refractivity contribution >= 4 is 11.9 Å². The minimum atomic E-state index is -0.799. The quantitative estimate of drug-likeness (QED) is 0.0323. The van der Waals surface area contributed by atoms with Gasteiger partial charge in [-0.3, -0.25) is 9.59 Å². The number of carbonyl (C=O) groups excluding carboxylic acids is 2. The lowest BCUT2D eigenvalue weighted by Crippen LogP contribution is -2.28. The zero-order valence-corrected chi connectivity index (χ0v) is 29.2. The lowest BCUT2D eigenvalue weighted by Gasteiger charge is -2.15. The van der Waals surface area contributed by atoms with Gasteiger partial charge in [-0.05, 0) is 32.1 Å². The van der Waals surface area contributed by atoms with Crippen molar-refractivity contribution in [3.05, 3.63) is 36.5 Å². The van der Waals surface area contributed by atoms with E-state index in [0.717, 1.165) is 70.6 Å². The molecule has 0 aromatic rings. The van der Waals surface area contributed by atoms with E-state index in [9.17, 15) is 19.8 Å². The number of carbonyl (C=O) groups is 2. The molecule has 2 N–H and O–H groups in total. The largest absolute Gasteiger partial charge is 0.462 e. The molecular formula is C39H70O6. The van der Waals surface area contributed by atoms with Crippen molar-refractivity contribution in [1.82, 2.24) is 0 Å². The molecule has 0 aliphatic rings. The first-order valence-electron chi connectivity index (χ1n) is 18.7. The summed E-state index contributed by atoms with van der Waals surface area (Å²) in [4.78, 5) is 24.2. The minimum Gasteiger partial charge on any atom is -0.462 e. The molecule has 0 aliphatic carbocycles. The molecule has 0 fully saturated rings. The summed E-state index contributed by atoms with van der Waals surface area (Å²) in [6.45, 7) is 3.92. The molecule has 2 atom stereocenters. The van der Waals surface area contributed by atoms with Crippen LogP contribution in [0.5, 0.6) is 0 Å². The Hall–Kier alpha value is -1.92. The van der Waals surface area contributed by atoms with Crippen molar-refractivity contribution < 1.29 is 29.3 Å². The average molecular weight is 635 g/mol. The highest BCUT2D eigenvalue weighted by molar-refractivity contribution is 5.70. The second kappa shape index (κ2) is 34.9. The normalized spacial score (nSPS) is 13.2. The van der Waals surface area contributed by atoms with Crippen LogP contribution in [-0.2, 0) is 19.1 Å². The molecule has 45 heavy (non-hydrogen) atoms. The first-order valence-corrected chi connectivity index (χ1v) is 18.7. The predicted octanol–water partition coefficient (Wildman–Crippen LogP) is 10.3. The lowest BCUT2D eigenvalue weighted by atomic mass is 10.0. The number of hydrogen-bond acceptors (Lipinski definition) is 6. The summed E-state index contributed by atoms with van der Waals surface area (Å²) < 4.78 is 10.5. The van der Waals surface area contributed by atoms with Crippen molar-refractivity contribution in [3.8, 4) is 0 Å². The zero-order chi connectivity index (χ0) is 33.1. The van der Waals surface area contributed by atoms with Gasteiger partial charge in [-0.2, -0.15) is 0 Å². The van der Waals surface area contributed by atoms with Crippen LogP contribution in [0.4, 0.5) is 0 Å². The zero-order valence-electron chi connectivity index (χ0n) is 29.2. The number of aliphatic hydroxyl groups excluding tert-OH is 2. The van der Waals surface area contributed by atoms with E-state index in [1.165, 1.54) is 77.0 Å². The minimum absolute atomic E-state index is 0.101. The van der Waals surface area contributed by atoms with Crippen LogP contribution in [0, 0.1) is 0 Å². The van der Waals surface area contributed by atoms with Gasteiger partial charge in [0.25, 0.3) is 0 Å². The van der Waals surface area contributed by atoms with Gasteiger partial charge in [-0.1, -0.05) is 166 Å².